The molecule has 0 spiro atoms. The first-order valence-electron chi connectivity index (χ1n) is 3.84. The van der Waals surface area contributed by atoms with Gasteiger partial charge in [-0.25, -0.2) is 16.8 Å². The molecule has 1 aromatic carbocycles. The molecule has 0 unspecified atom stereocenters. The summed E-state index contributed by atoms with van der Waals surface area (Å²) in [6.07, 6.45) is 0. The lowest BCUT2D eigenvalue weighted by atomic mass is 10.3. The molecule has 0 aliphatic carbocycles. The Bertz CT molecular complexity index is 653. The van der Waals surface area contributed by atoms with Gasteiger partial charge in [-0.3, -0.25) is 0 Å². The lowest BCUT2D eigenvalue weighted by Gasteiger charge is -2.08. The van der Waals surface area contributed by atoms with Crippen molar-refractivity contribution in [1.82, 2.24) is 0 Å². The van der Waals surface area contributed by atoms with Crippen LogP contribution in [0.25, 0.3) is 0 Å². The van der Waals surface area contributed by atoms with Crippen molar-refractivity contribution in [2.45, 2.75) is 9.79 Å². The molecular formula is C7H5BrCl2O5S2. The second-order valence-corrected chi connectivity index (χ2v) is 8.73. The Morgan fingerprint density at radius 2 is 1.53 bits per heavy atom. The van der Waals surface area contributed by atoms with Crippen molar-refractivity contribution in [1.29, 1.82) is 0 Å². The maximum Gasteiger partial charge on any atom is 0.265 e. The van der Waals surface area contributed by atoms with Gasteiger partial charge in [0.05, 0.1) is 12.0 Å². The van der Waals surface area contributed by atoms with Crippen molar-refractivity contribution >= 4 is 55.4 Å². The minimum Gasteiger partial charge on any atom is -0.495 e. The molecule has 0 bridgehead atoms. The van der Waals surface area contributed by atoms with Crippen LogP contribution in [0.4, 0.5) is 0 Å². The third-order valence-electron chi connectivity index (χ3n) is 1.74. The molecular weight excluding hydrogens is 379 g/mol. The molecule has 96 valence electrons. The Hall–Kier alpha value is -0.0200. The summed E-state index contributed by atoms with van der Waals surface area (Å²) in [5.41, 5.74) is 0. The van der Waals surface area contributed by atoms with E-state index < -0.39 is 27.9 Å². The van der Waals surface area contributed by atoms with Crippen molar-refractivity contribution in [2.24, 2.45) is 0 Å². The smallest absolute Gasteiger partial charge is 0.265 e. The monoisotopic (exact) mass is 382 g/mol. The van der Waals surface area contributed by atoms with E-state index in [0.29, 0.717) is 0 Å². The molecule has 0 radical (unpaired) electrons. The van der Waals surface area contributed by atoms with Gasteiger partial charge in [0.1, 0.15) is 10.6 Å². The summed E-state index contributed by atoms with van der Waals surface area (Å²) in [5.74, 6) is -0.0871. The molecule has 0 N–H and O–H groups in total. The number of methoxy groups -OCH3 is 1. The van der Waals surface area contributed by atoms with Crippen LogP contribution < -0.4 is 4.74 Å². The third-order valence-corrected chi connectivity index (χ3v) is 5.37. The fourth-order valence-electron chi connectivity index (χ4n) is 1.05. The molecule has 0 aliphatic heterocycles. The van der Waals surface area contributed by atoms with Crippen LogP contribution in [-0.2, 0) is 18.1 Å². The Morgan fingerprint density at radius 1 is 1.06 bits per heavy atom. The number of halogens is 3. The number of rotatable bonds is 3. The summed E-state index contributed by atoms with van der Waals surface area (Å²) in [6.45, 7) is 0. The summed E-state index contributed by atoms with van der Waals surface area (Å²) in [4.78, 5) is -0.872. The van der Waals surface area contributed by atoms with Crippen LogP contribution in [0.2, 0.25) is 0 Å². The summed E-state index contributed by atoms with van der Waals surface area (Å²) in [7, 11) is 3.29. The molecule has 1 aromatic rings. The summed E-state index contributed by atoms with van der Waals surface area (Å²) >= 11 is 2.94. The second kappa shape index (κ2) is 4.93. The van der Waals surface area contributed by atoms with E-state index in [0.717, 1.165) is 12.1 Å². The zero-order valence-electron chi connectivity index (χ0n) is 8.15. The highest BCUT2D eigenvalue weighted by atomic mass is 79.9. The predicted molar refractivity (Wildman–Crippen MR) is 66.8 cm³/mol. The molecule has 0 aromatic heterocycles. The standard InChI is InChI=1S/C7H5BrCl2O5S2/c1-15-5-2-4(8)6(16(9,11)12)3-7(5)17(10,13)14/h2-3H,1H3. The average Bonchev–Trinajstić information content (AvgIpc) is 2.13. The first kappa shape index (κ1) is 15.0. The number of benzene rings is 1. The van der Waals surface area contributed by atoms with Gasteiger partial charge >= 0.3 is 0 Å². The van der Waals surface area contributed by atoms with E-state index in [2.05, 4.69) is 15.9 Å². The van der Waals surface area contributed by atoms with Gasteiger partial charge in [0.25, 0.3) is 18.1 Å². The quantitative estimate of drug-likeness (QED) is 0.748. The van der Waals surface area contributed by atoms with E-state index in [-0.39, 0.29) is 10.2 Å². The maximum atomic E-state index is 11.2. The number of hydrogen-bond acceptors (Lipinski definition) is 5. The van der Waals surface area contributed by atoms with Crippen molar-refractivity contribution in [2.75, 3.05) is 7.11 Å². The summed E-state index contributed by atoms with van der Waals surface area (Å²) in [6, 6.07) is 1.98. The highest BCUT2D eigenvalue weighted by Crippen LogP contribution is 2.35. The third kappa shape index (κ3) is 3.47. The highest BCUT2D eigenvalue weighted by molar-refractivity contribution is 9.10. The zero-order valence-corrected chi connectivity index (χ0v) is 12.9. The van der Waals surface area contributed by atoms with Crippen LogP contribution >= 0.6 is 37.3 Å². The maximum absolute atomic E-state index is 11.2. The predicted octanol–water partition coefficient (Wildman–Crippen LogP) is 2.31. The van der Waals surface area contributed by atoms with E-state index in [9.17, 15) is 16.8 Å². The summed E-state index contributed by atoms with van der Waals surface area (Å²) < 4.78 is 49.7. The van der Waals surface area contributed by atoms with Crippen LogP contribution in [0.5, 0.6) is 5.75 Å². The zero-order chi connectivity index (χ0) is 13.4. The summed E-state index contributed by atoms with van der Waals surface area (Å²) in [5, 5.41) is 0. The van der Waals surface area contributed by atoms with Crippen LogP contribution in [0.15, 0.2) is 26.4 Å². The van der Waals surface area contributed by atoms with Gasteiger partial charge in [0, 0.05) is 25.8 Å². The van der Waals surface area contributed by atoms with Crippen molar-refractivity contribution in [3.8, 4) is 5.75 Å². The van der Waals surface area contributed by atoms with E-state index in [1.807, 2.05) is 0 Å². The number of hydrogen-bond donors (Lipinski definition) is 0. The van der Waals surface area contributed by atoms with E-state index in [4.69, 9.17) is 26.1 Å². The highest BCUT2D eigenvalue weighted by Gasteiger charge is 2.24. The Kier molecular flexibility index (Phi) is 4.36. The van der Waals surface area contributed by atoms with Crippen molar-refractivity contribution in [3.05, 3.63) is 16.6 Å². The first-order chi connectivity index (χ1) is 7.57. The minimum atomic E-state index is -4.14. The molecule has 5 nitrogen and oxygen atoms in total. The van der Waals surface area contributed by atoms with Crippen molar-refractivity contribution in [3.63, 3.8) is 0 Å². The van der Waals surface area contributed by atoms with E-state index in [1.165, 1.54) is 7.11 Å². The largest absolute Gasteiger partial charge is 0.495 e. The minimum absolute atomic E-state index is 0.0772. The fraction of sp³-hybridized carbons (Fsp3) is 0.143. The van der Waals surface area contributed by atoms with Crippen LogP contribution in [0, 0.1) is 0 Å². The van der Waals surface area contributed by atoms with Gasteiger partial charge in [-0.2, -0.15) is 0 Å². The fourth-order valence-corrected chi connectivity index (χ4v) is 4.31. The Morgan fingerprint density at radius 3 is 1.88 bits per heavy atom. The Labute approximate surface area is 116 Å². The molecule has 0 heterocycles. The van der Waals surface area contributed by atoms with Gasteiger partial charge < -0.3 is 4.74 Å². The molecule has 1 rings (SSSR count). The van der Waals surface area contributed by atoms with Gasteiger partial charge in [0.15, 0.2) is 0 Å². The molecule has 0 aliphatic rings. The lowest BCUT2D eigenvalue weighted by molar-refractivity contribution is 0.402. The van der Waals surface area contributed by atoms with Gasteiger partial charge in [-0.05, 0) is 28.1 Å². The second-order valence-electron chi connectivity index (χ2n) is 2.81. The Balaban J connectivity index is 3.73. The van der Waals surface area contributed by atoms with Crippen LogP contribution in [0.1, 0.15) is 0 Å². The van der Waals surface area contributed by atoms with Crippen LogP contribution in [0.3, 0.4) is 0 Å². The SMILES string of the molecule is COc1cc(Br)c(S(=O)(=O)Cl)cc1S(=O)(=O)Cl. The molecule has 0 atom stereocenters. The van der Waals surface area contributed by atoms with Crippen molar-refractivity contribution < 1.29 is 21.6 Å². The molecule has 0 amide bonds. The topological polar surface area (TPSA) is 77.5 Å². The normalized spacial score (nSPS) is 12.5. The average molecular weight is 384 g/mol. The molecule has 0 saturated heterocycles. The van der Waals surface area contributed by atoms with Gasteiger partial charge in [-0.1, -0.05) is 0 Å². The molecule has 0 saturated carbocycles. The lowest BCUT2D eigenvalue weighted by Crippen LogP contribution is -2.00. The van der Waals surface area contributed by atoms with Gasteiger partial charge in [-0.15, -0.1) is 0 Å². The molecule has 17 heavy (non-hydrogen) atoms. The van der Waals surface area contributed by atoms with Crippen LogP contribution in [-0.4, -0.2) is 23.9 Å². The number of ether oxygens (including phenoxy) is 1. The first-order valence-corrected chi connectivity index (χ1v) is 9.25. The molecule has 10 heteroatoms. The van der Waals surface area contributed by atoms with Gasteiger partial charge in [0.2, 0.25) is 0 Å². The van der Waals surface area contributed by atoms with E-state index >= 15 is 0 Å². The molecule has 0 fully saturated rings. The van der Waals surface area contributed by atoms with E-state index in [1.54, 1.807) is 0 Å².